The summed E-state index contributed by atoms with van der Waals surface area (Å²) in [4.78, 5) is 0. The molecule has 1 aromatic carbocycles. The summed E-state index contributed by atoms with van der Waals surface area (Å²) in [5.74, 6) is 0.775. The molecule has 0 fully saturated rings. The summed E-state index contributed by atoms with van der Waals surface area (Å²) in [7, 11) is 1.91. The Morgan fingerprint density at radius 3 is 2.87 bits per heavy atom. The van der Waals surface area contributed by atoms with Crippen LogP contribution in [0.25, 0.3) is 0 Å². The van der Waals surface area contributed by atoms with Gasteiger partial charge in [0.1, 0.15) is 12.4 Å². The summed E-state index contributed by atoms with van der Waals surface area (Å²) < 4.78 is 6.36. The summed E-state index contributed by atoms with van der Waals surface area (Å²) in [6.45, 7) is 4.72. The lowest BCUT2D eigenvalue weighted by atomic mass is 10.2. The predicted molar refractivity (Wildman–Crippen MR) is 67.4 cm³/mol. The Hall–Kier alpha value is -0.510. The van der Waals surface area contributed by atoms with Gasteiger partial charge in [-0.3, -0.25) is 0 Å². The van der Waals surface area contributed by atoms with E-state index in [-0.39, 0.29) is 0 Å². The van der Waals surface area contributed by atoms with E-state index in [4.69, 9.17) is 16.3 Å². The van der Waals surface area contributed by atoms with Crippen LogP contribution < -0.4 is 10.1 Å². The molecule has 0 aliphatic rings. The Kier molecular flexibility index (Phi) is 5.15. The summed E-state index contributed by atoms with van der Waals surface area (Å²) >= 11 is 9.06. The van der Waals surface area contributed by atoms with Crippen LogP contribution in [0.15, 0.2) is 34.3 Å². The molecule has 1 rings (SSSR count). The topological polar surface area (TPSA) is 21.3 Å². The molecule has 1 aromatic rings. The zero-order valence-electron chi connectivity index (χ0n) is 8.52. The molecule has 0 atom stereocenters. The second-order valence-electron chi connectivity index (χ2n) is 3.10. The fourth-order valence-corrected chi connectivity index (χ4v) is 1.73. The number of ether oxygens (including phenoxy) is 1. The van der Waals surface area contributed by atoms with Crippen molar-refractivity contribution in [3.05, 3.63) is 39.8 Å². The van der Waals surface area contributed by atoms with E-state index >= 15 is 0 Å². The van der Waals surface area contributed by atoms with Crippen LogP contribution >= 0.6 is 27.5 Å². The van der Waals surface area contributed by atoms with E-state index in [9.17, 15) is 0 Å². The molecular weight excluding hydrogens is 277 g/mol. The van der Waals surface area contributed by atoms with Crippen molar-refractivity contribution in [1.82, 2.24) is 5.32 Å². The number of halogens is 2. The van der Waals surface area contributed by atoms with Gasteiger partial charge in [0.25, 0.3) is 0 Å². The highest BCUT2D eigenvalue weighted by atomic mass is 79.9. The van der Waals surface area contributed by atoms with Crippen LogP contribution in [0.4, 0.5) is 0 Å². The third-order valence-electron chi connectivity index (χ3n) is 1.76. The predicted octanol–water partition coefficient (Wildman–Crippen LogP) is 3.30. The van der Waals surface area contributed by atoms with Gasteiger partial charge in [0, 0.05) is 11.6 Å². The van der Waals surface area contributed by atoms with Crippen molar-refractivity contribution in [1.29, 1.82) is 0 Å². The van der Waals surface area contributed by atoms with E-state index in [0.29, 0.717) is 11.6 Å². The smallest absolute Gasteiger partial charge is 0.134 e. The maximum Gasteiger partial charge on any atom is 0.134 e. The van der Waals surface area contributed by atoms with Crippen LogP contribution in [-0.4, -0.2) is 13.7 Å². The highest BCUT2D eigenvalue weighted by Gasteiger charge is 2.02. The SMILES string of the molecule is C=C(Cl)COc1ccc(CNC)cc1Br. The molecular formula is C11H13BrClNO. The molecule has 0 bridgehead atoms. The van der Waals surface area contributed by atoms with Crippen molar-refractivity contribution in [2.24, 2.45) is 0 Å². The molecule has 0 aliphatic heterocycles. The molecule has 0 radical (unpaired) electrons. The lowest BCUT2D eigenvalue weighted by Gasteiger charge is -2.08. The van der Waals surface area contributed by atoms with Crippen LogP contribution in [0, 0.1) is 0 Å². The second-order valence-corrected chi connectivity index (χ2v) is 4.49. The monoisotopic (exact) mass is 289 g/mol. The van der Waals surface area contributed by atoms with E-state index in [1.807, 2.05) is 25.2 Å². The number of rotatable bonds is 5. The minimum atomic E-state index is 0.325. The Bertz CT molecular complexity index is 354. The maximum atomic E-state index is 5.62. The standard InChI is InChI=1S/C11H13BrClNO/c1-8(13)7-15-11-4-3-9(6-14-2)5-10(11)12/h3-5,14H,1,6-7H2,2H3. The third-order valence-corrected chi connectivity index (χ3v) is 2.49. The minimum absolute atomic E-state index is 0.325. The van der Waals surface area contributed by atoms with Crippen molar-refractivity contribution in [3.63, 3.8) is 0 Å². The first-order valence-electron chi connectivity index (χ1n) is 4.52. The summed E-state index contributed by atoms with van der Waals surface area (Å²) in [6.07, 6.45) is 0. The number of benzene rings is 1. The highest BCUT2D eigenvalue weighted by molar-refractivity contribution is 9.10. The van der Waals surface area contributed by atoms with Crippen LogP contribution in [-0.2, 0) is 6.54 Å². The van der Waals surface area contributed by atoms with Crippen molar-refractivity contribution >= 4 is 27.5 Å². The molecule has 0 unspecified atom stereocenters. The van der Waals surface area contributed by atoms with Gasteiger partial charge in [-0.2, -0.15) is 0 Å². The van der Waals surface area contributed by atoms with Crippen LogP contribution in [0.2, 0.25) is 0 Å². The molecule has 2 nitrogen and oxygen atoms in total. The van der Waals surface area contributed by atoms with E-state index in [1.54, 1.807) is 0 Å². The maximum absolute atomic E-state index is 5.62. The normalized spacial score (nSPS) is 10.1. The third kappa shape index (κ3) is 4.24. The summed E-state index contributed by atoms with van der Waals surface area (Å²) in [5, 5.41) is 3.57. The Morgan fingerprint density at radius 1 is 1.60 bits per heavy atom. The molecule has 15 heavy (non-hydrogen) atoms. The summed E-state index contributed by atoms with van der Waals surface area (Å²) in [5.41, 5.74) is 1.20. The Labute approximate surface area is 103 Å². The molecule has 0 heterocycles. The fourth-order valence-electron chi connectivity index (χ4n) is 1.13. The minimum Gasteiger partial charge on any atom is -0.487 e. The number of hydrogen-bond donors (Lipinski definition) is 1. The molecule has 4 heteroatoms. The average Bonchev–Trinajstić information content (AvgIpc) is 2.17. The highest BCUT2D eigenvalue weighted by Crippen LogP contribution is 2.26. The molecule has 1 N–H and O–H groups in total. The van der Waals surface area contributed by atoms with E-state index in [2.05, 4.69) is 27.8 Å². The van der Waals surface area contributed by atoms with Gasteiger partial charge in [0.15, 0.2) is 0 Å². The van der Waals surface area contributed by atoms with Crippen LogP contribution in [0.3, 0.4) is 0 Å². The molecule has 0 saturated carbocycles. The molecule has 0 aromatic heterocycles. The molecule has 0 aliphatic carbocycles. The Morgan fingerprint density at radius 2 is 2.33 bits per heavy atom. The lowest BCUT2D eigenvalue weighted by molar-refractivity contribution is 0.357. The molecule has 82 valence electrons. The second kappa shape index (κ2) is 6.16. The molecule has 0 spiro atoms. The van der Waals surface area contributed by atoms with Gasteiger partial charge in [0.05, 0.1) is 4.47 Å². The zero-order chi connectivity index (χ0) is 11.3. The van der Waals surface area contributed by atoms with Gasteiger partial charge in [-0.25, -0.2) is 0 Å². The van der Waals surface area contributed by atoms with Gasteiger partial charge >= 0.3 is 0 Å². The Balaban J connectivity index is 2.70. The quantitative estimate of drug-likeness (QED) is 0.898. The van der Waals surface area contributed by atoms with Gasteiger partial charge in [0.2, 0.25) is 0 Å². The number of nitrogens with one attached hydrogen (secondary N) is 1. The first-order valence-corrected chi connectivity index (χ1v) is 5.69. The lowest BCUT2D eigenvalue weighted by Crippen LogP contribution is -2.05. The van der Waals surface area contributed by atoms with E-state index in [1.165, 1.54) is 5.56 Å². The van der Waals surface area contributed by atoms with E-state index < -0.39 is 0 Å². The largest absolute Gasteiger partial charge is 0.487 e. The van der Waals surface area contributed by atoms with Crippen molar-refractivity contribution in [2.75, 3.05) is 13.7 Å². The molecule has 0 saturated heterocycles. The van der Waals surface area contributed by atoms with Gasteiger partial charge in [-0.1, -0.05) is 24.2 Å². The van der Waals surface area contributed by atoms with Gasteiger partial charge < -0.3 is 10.1 Å². The van der Waals surface area contributed by atoms with Crippen LogP contribution in [0.5, 0.6) is 5.75 Å². The van der Waals surface area contributed by atoms with Crippen molar-refractivity contribution < 1.29 is 4.74 Å². The summed E-state index contributed by atoms with van der Waals surface area (Å²) in [6, 6.07) is 5.94. The van der Waals surface area contributed by atoms with Crippen LogP contribution in [0.1, 0.15) is 5.56 Å². The zero-order valence-corrected chi connectivity index (χ0v) is 10.9. The van der Waals surface area contributed by atoms with Crippen molar-refractivity contribution in [2.45, 2.75) is 6.54 Å². The van der Waals surface area contributed by atoms with Gasteiger partial charge in [-0.05, 0) is 40.7 Å². The van der Waals surface area contributed by atoms with Crippen molar-refractivity contribution in [3.8, 4) is 5.75 Å². The first kappa shape index (κ1) is 12.6. The average molecular weight is 291 g/mol. The molecule has 0 amide bonds. The number of hydrogen-bond acceptors (Lipinski definition) is 2. The van der Waals surface area contributed by atoms with E-state index in [0.717, 1.165) is 16.8 Å². The fraction of sp³-hybridized carbons (Fsp3) is 0.273. The van der Waals surface area contributed by atoms with Gasteiger partial charge in [-0.15, -0.1) is 0 Å². The first-order chi connectivity index (χ1) is 7.13.